The first-order valence-corrected chi connectivity index (χ1v) is 10.9. The predicted molar refractivity (Wildman–Crippen MR) is 108 cm³/mol. The minimum Gasteiger partial charge on any atom is -0.394 e. The zero-order chi connectivity index (χ0) is 19.4. The fourth-order valence-electron chi connectivity index (χ4n) is 7.15. The van der Waals surface area contributed by atoms with Gasteiger partial charge in [-0.05, 0) is 81.0 Å². The molecular formula is C23H36N2O2. The monoisotopic (exact) mass is 372 g/mol. The fraction of sp³-hybridized carbons (Fsp3) is 0.826. The first-order chi connectivity index (χ1) is 12.8. The summed E-state index contributed by atoms with van der Waals surface area (Å²) in [5.41, 5.74) is 8.57. The van der Waals surface area contributed by atoms with Gasteiger partial charge < -0.3 is 10.6 Å². The van der Waals surface area contributed by atoms with Crippen molar-refractivity contribution in [3.8, 4) is 0 Å². The third-order valence-electron chi connectivity index (χ3n) is 8.70. The van der Waals surface area contributed by atoms with Crippen molar-refractivity contribution in [1.29, 1.82) is 0 Å². The number of ketones is 1. The second-order valence-corrected chi connectivity index (χ2v) is 10.4. The maximum absolute atomic E-state index is 12.6. The molecule has 4 heteroatoms. The summed E-state index contributed by atoms with van der Waals surface area (Å²) in [7, 11) is 0. The Kier molecular flexibility index (Phi) is 4.77. The van der Waals surface area contributed by atoms with Crippen molar-refractivity contribution in [1.82, 2.24) is 0 Å². The fourth-order valence-corrected chi connectivity index (χ4v) is 7.15. The molecule has 2 N–H and O–H groups in total. The average Bonchev–Trinajstić information content (AvgIpc) is 2.91. The Bertz CT molecular complexity index is 669. The number of fused-ring (bicyclic) bond motifs is 5. The van der Waals surface area contributed by atoms with Crippen molar-refractivity contribution < 1.29 is 9.63 Å². The summed E-state index contributed by atoms with van der Waals surface area (Å²) in [4.78, 5) is 18.0. The van der Waals surface area contributed by atoms with E-state index in [1.54, 1.807) is 0 Å². The topological polar surface area (TPSA) is 64.7 Å². The van der Waals surface area contributed by atoms with Crippen molar-refractivity contribution in [2.24, 2.45) is 45.4 Å². The van der Waals surface area contributed by atoms with Crippen LogP contribution in [0.3, 0.4) is 0 Å². The van der Waals surface area contributed by atoms with Crippen LogP contribution >= 0.6 is 0 Å². The number of nitrogens with two attached hydrogens (primary N) is 1. The van der Waals surface area contributed by atoms with Gasteiger partial charge in [-0.25, -0.2) is 0 Å². The van der Waals surface area contributed by atoms with Gasteiger partial charge in [-0.2, -0.15) is 0 Å². The van der Waals surface area contributed by atoms with Gasteiger partial charge in [0, 0.05) is 17.9 Å². The van der Waals surface area contributed by atoms with E-state index in [4.69, 9.17) is 10.6 Å². The van der Waals surface area contributed by atoms with Crippen LogP contribution in [0.5, 0.6) is 0 Å². The number of oxime groups is 1. The molecule has 0 radical (unpaired) electrons. The highest BCUT2D eigenvalue weighted by atomic mass is 16.6. The van der Waals surface area contributed by atoms with E-state index in [1.165, 1.54) is 17.7 Å². The lowest BCUT2D eigenvalue weighted by atomic mass is 9.44. The molecule has 0 aromatic rings. The van der Waals surface area contributed by atoms with E-state index in [2.05, 4.69) is 25.6 Å². The summed E-state index contributed by atoms with van der Waals surface area (Å²) in [6.45, 7) is 11.7. The first-order valence-electron chi connectivity index (χ1n) is 10.9. The molecule has 4 saturated carbocycles. The van der Waals surface area contributed by atoms with Gasteiger partial charge in [-0.15, -0.1) is 0 Å². The lowest BCUT2D eigenvalue weighted by molar-refractivity contribution is -0.134. The van der Waals surface area contributed by atoms with E-state index < -0.39 is 0 Å². The molecule has 0 heterocycles. The maximum atomic E-state index is 12.6. The van der Waals surface area contributed by atoms with Crippen LogP contribution in [0.1, 0.15) is 72.1 Å². The molecule has 0 aromatic heterocycles. The van der Waals surface area contributed by atoms with E-state index >= 15 is 0 Å². The minimum atomic E-state index is -0.0569. The molecule has 0 bridgehead atoms. The third kappa shape index (κ3) is 2.99. The molecule has 0 amide bonds. The molecule has 4 aliphatic carbocycles. The first kappa shape index (κ1) is 19.2. The van der Waals surface area contributed by atoms with E-state index in [9.17, 15) is 4.79 Å². The second-order valence-electron chi connectivity index (χ2n) is 10.4. The standard InChI is InChI=1S/C23H36N2O2/c1-14-11-17-18-5-6-21(26)23(18,4)10-8-19(17)22(3)9-7-16(12-20(14)22)25-27-13-15(2)24/h15,17-20H,1,5-13,24H2,2-4H3/t15?,17-,18-,19-,20?,22+,23+/m0/s1. The largest absolute Gasteiger partial charge is 0.394 e. The van der Waals surface area contributed by atoms with E-state index in [-0.39, 0.29) is 11.5 Å². The quantitative estimate of drug-likeness (QED) is 0.586. The van der Waals surface area contributed by atoms with Gasteiger partial charge in [0.25, 0.3) is 0 Å². The summed E-state index contributed by atoms with van der Waals surface area (Å²) in [5.74, 6) is 2.97. The van der Waals surface area contributed by atoms with Crippen LogP contribution < -0.4 is 5.73 Å². The Morgan fingerprint density at radius 2 is 2.00 bits per heavy atom. The third-order valence-corrected chi connectivity index (χ3v) is 8.70. The number of allylic oxidation sites excluding steroid dienone is 1. The van der Waals surface area contributed by atoms with Crippen LogP contribution in [0.4, 0.5) is 0 Å². The van der Waals surface area contributed by atoms with Gasteiger partial charge in [0.05, 0.1) is 5.71 Å². The number of nitrogens with zero attached hydrogens (tertiary/aromatic N) is 1. The van der Waals surface area contributed by atoms with Crippen LogP contribution in [0.2, 0.25) is 0 Å². The van der Waals surface area contributed by atoms with Crippen molar-refractivity contribution in [2.45, 2.75) is 78.2 Å². The molecule has 7 atom stereocenters. The summed E-state index contributed by atoms with van der Waals surface area (Å²) in [6, 6.07) is 0.0132. The lowest BCUT2D eigenvalue weighted by Crippen LogP contribution is -2.54. The van der Waals surface area contributed by atoms with Gasteiger partial charge >= 0.3 is 0 Å². The van der Waals surface area contributed by atoms with Crippen molar-refractivity contribution in [2.75, 3.05) is 6.61 Å². The molecule has 4 nitrogen and oxygen atoms in total. The van der Waals surface area contributed by atoms with Gasteiger partial charge in [-0.3, -0.25) is 4.79 Å². The highest BCUT2D eigenvalue weighted by molar-refractivity contribution is 5.87. The van der Waals surface area contributed by atoms with Gasteiger partial charge in [0.1, 0.15) is 12.4 Å². The highest BCUT2D eigenvalue weighted by Gasteiger charge is 2.60. The van der Waals surface area contributed by atoms with Gasteiger partial charge in [0.2, 0.25) is 0 Å². The van der Waals surface area contributed by atoms with Crippen LogP contribution in [0, 0.1) is 34.5 Å². The smallest absolute Gasteiger partial charge is 0.139 e. The molecule has 0 aromatic carbocycles. The number of hydrogen-bond donors (Lipinski definition) is 1. The number of carbonyl (C=O) groups is 1. The normalized spacial score (nSPS) is 46.6. The van der Waals surface area contributed by atoms with E-state index in [0.717, 1.165) is 50.9 Å². The minimum absolute atomic E-state index is 0.0132. The Morgan fingerprint density at radius 1 is 1.22 bits per heavy atom. The molecule has 150 valence electrons. The summed E-state index contributed by atoms with van der Waals surface area (Å²) < 4.78 is 0. The summed E-state index contributed by atoms with van der Waals surface area (Å²) in [6.07, 6.45) is 8.46. The zero-order valence-electron chi connectivity index (χ0n) is 17.3. The van der Waals surface area contributed by atoms with Crippen molar-refractivity contribution >= 4 is 11.5 Å². The molecular weight excluding hydrogens is 336 g/mol. The Morgan fingerprint density at radius 3 is 2.74 bits per heavy atom. The van der Waals surface area contributed by atoms with Crippen molar-refractivity contribution in [3.63, 3.8) is 0 Å². The molecule has 27 heavy (non-hydrogen) atoms. The Hall–Kier alpha value is -1.16. The highest BCUT2D eigenvalue weighted by Crippen LogP contribution is 2.66. The van der Waals surface area contributed by atoms with Crippen LogP contribution in [-0.4, -0.2) is 24.1 Å². The lowest BCUT2D eigenvalue weighted by Gasteiger charge is -2.60. The predicted octanol–water partition coefficient (Wildman–Crippen LogP) is 4.48. The maximum Gasteiger partial charge on any atom is 0.139 e. The van der Waals surface area contributed by atoms with Crippen molar-refractivity contribution in [3.05, 3.63) is 12.2 Å². The SMILES string of the molecule is C=C1C[C@H]2[C@@H]3CCC(=O)[C@]3(C)CC[C@@H]2[C@@]2(C)CCC(=NOCC(C)N)CC12. The molecule has 2 unspecified atom stereocenters. The summed E-state index contributed by atoms with van der Waals surface area (Å²) in [5, 5.41) is 4.41. The number of carbonyl (C=O) groups excluding carboxylic acids is 1. The van der Waals surface area contributed by atoms with Gasteiger partial charge in [0.15, 0.2) is 0 Å². The average molecular weight is 373 g/mol. The van der Waals surface area contributed by atoms with E-state index in [0.29, 0.717) is 35.6 Å². The molecule has 4 fully saturated rings. The molecule has 4 aliphatic rings. The van der Waals surface area contributed by atoms with Gasteiger partial charge in [-0.1, -0.05) is 31.2 Å². The molecule has 0 spiro atoms. The van der Waals surface area contributed by atoms with Crippen LogP contribution in [0.25, 0.3) is 0 Å². The number of hydrogen-bond acceptors (Lipinski definition) is 4. The second kappa shape index (κ2) is 6.72. The number of Topliss-reactive ketones (excluding diaryl/α,β-unsaturated/α-hetero) is 1. The van der Waals surface area contributed by atoms with Crippen LogP contribution in [-0.2, 0) is 9.63 Å². The van der Waals surface area contributed by atoms with Crippen LogP contribution in [0.15, 0.2) is 17.3 Å². The molecule has 4 rings (SSSR count). The zero-order valence-corrected chi connectivity index (χ0v) is 17.3. The molecule has 0 aliphatic heterocycles. The number of rotatable bonds is 3. The summed E-state index contributed by atoms with van der Waals surface area (Å²) >= 11 is 0. The Balaban J connectivity index is 1.54. The van der Waals surface area contributed by atoms with E-state index in [1.807, 2.05) is 6.92 Å². The molecule has 0 saturated heterocycles. The Labute approximate surface area is 164 Å².